The molecule has 9 heteroatoms. The lowest BCUT2D eigenvalue weighted by Crippen LogP contribution is -2.28. The van der Waals surface area contributed by atoms with Crippen LogP contribution in [0.4, 0.5) is 16.6 Å². The molecule has 1 aliphatic heterocycles. The van der Waals surface area contributed by atoms with Gasteiger partial charge in [0, 0.05) is 49.3 Å². The van der Waals surface area contributed by atoms with Crippen LogP contribution in [0.3, 0.4) is 0 Å². The molecule has 2 N–H and O–H groups in total. The van der Waals surface area contributed by atoms with E-state index >= 15 is 0 Å². The van der Waals surface area contributed by atoms with Gasteiger partial charge >= 0.3 is 0 Å². The first kappa shape index (κ1) is 18.0. The summed E-state index contributed by atoms with van der Waals surface area (Å²) in [6.45, 7) is 4.32. The Morgan fingerprint density at radius 1 is 1.10 bits per heavy atom. The number of fused-ring (bicyclic) bond motifs is 1. The van der Waals surface area contributed by atoms with Gasteiger partial charge in [-0.1, -0.05) is 11.3 Å². The molecule has 0 aromatic carbocycles. The van der Waals surface area contributed by atoms with Crippen molar-refractivity contribution in [2.45, 2.75) is 6.42 Å². The molecule has 5 rings (SSSR count). The summed E-state index contributed by atoms with van der Waals surface area (Å²) in [5, 5.41) is 11.0. The first-order chi connectivity index (χ1) is 14.2. The third kappa shape index (κ3) is 3.92. The Morgan fingerprint density at radius 3 is 2.97 bits per heavy atom. The van der Waals surface area contributed by atoms with Crippen molar-refractivity contribution in [3.05, 3.63) is 42.9 Å². The quantitative estimate of drug-likeness (QED) is 0.537. The molecule has 4 aromatic heterocycles. The van der Waals surface area contributed by atoms with E-state index in [1.165, 1.54) is 23.4 Å². The molecule has 4 aromatic rings. The lowest BCUT2D eigenvalue weighted by atomic mass is 10.2. The predicted octanol–water partition coefficient (Wildman–Crippen LogP) is 3.36. The number of aromatic nitrogens is 5. The Labute approximate surface area is 172 Å². The molecule has 1 aliphatic rings. The number of aromatic amines is 1. The van der Waals surface area contributed by atoms with Crippen molar-refractivity contribution >= 4 is 38.3 Å². The highest BCUT2D eigenvalue weighted by atomic mass is 32.1. The van der Waals surface area contributed by atoms with Crippen LogP contribution < -0.4 is 10.2 Å². The Balaban J connectivity index is 1.36. The fraction of sp³-hybridized carbons (Fsp3) is 0.300. The minimum absolute atomic E-state index is 0.789. The second-order valence-electron chi connectivity index (χ2n) is 7.19. The van der Waals surface area contributed by atoms with Crippen LogP contribution in [-0.2, 0) is 0 Å². The molecular weight excluding hydrogens is 384 g/mol. The van der Waals surface area contributed by atoms with Gasteiger partial charge in [0.1, 0.15) is 16.2 Å². The molecule has 0 spiro atoms. The fourth-order valence-corrected chi connectivity index (χ4v) is 4.37. The average Bonchev–Trinajstić information content (AvgIpc) is 3.34. The summed E-state index contributed by atoms with van der Waals surface area (Å²) in [7, 11) is 2.18. The van der Waals surface area contributed by atoms with Gasteiger partial charge in [-0.05, 0) is 38.2 Å². The molecule has 1 saturated heterocycles. The number of thiazole rings is 1. The van der Waals surface area contributed by atoms with E-state index in [2.05, 4.69) is 54.5 Å². The second-order valence-corrected chi connectivity index (χ2v) is 8.17. The lowest BCUT2D eigenvalue weighted by Gasteiger charge is -2.23. The number of nitrogens with one attached hydrogen (secondary N) is 2. The second kappa shape index (κ2) is 7.76. The summed E-state index contributed by atoms with van der Waals surface area (Å²) in [4.78, 5) is 19.5. The van der Waals surface area contributed by atoms with Gasteiger partial charge in [0.2, 0.25) is 0 Å². The number of likely N-dealkylation sites (N-methyl/N-ethyl adjacent to an activating group) is 1. The number of hydrogen-bond acceptors (Lipinski definition) is 8. The molecule has 0 saturated carbocycles. The first-order valence-electron chi connectivity index (χ1n) is 9.68. The Morgan fingerprint density at radius 2 is 2.07 bits per heavy atom. The van der Waals surface area contributed by atoms with E-state index in [9.17, 15) is 0 Å². The Bertz CT molecular complexity index is 1110. The maximum absolute atomic E-state index is 4.71. The van der Waals surface area contributed by atoms with E-state index in [0.717, 1.165) is 58.7 Å². The standard InChI is InChI=1S/C20H22N8S/c1-27-7-2-8-28(10-9-27)15-5-6-21-18(11-15)26-20-25-17-4-3-16(24-19(17)29-20)14-12-22-23-13-14/h3-6,11-13H,2,7-10H2,1H3,(H,22,23)(H,21,25,26). The third-order valence-corrected chi connectivity index (χ3v) is 5.99. The average molecular weight is 407 g/mol. The van der Waals surface area contributed by atoms with Crippen molar-refractivity contribution in [2.24, 2.45) is 0 Å². The number of rotatable bonds is 4. The highest BCUT2D eigenvalue weighted by Crippen LogP contribution is 2.29. The van der Waals surface area contributed by atoms with Crippen molar-refractivity contribution in [1.29, 1.82) is 0 Å². The maximum Gasteiger partial charge on any atom is 0.190 e. The molecule has 0 atom stereocenters. The van der Waals surface area contributed by atoms with Gasteiger partial charge < -0.3 is 15.1 Å². The molecule has 0 amide bonds. The number of pyridine rings is 2. The van der Waals surface area contributed by atoms with E-state index < -0.39 is 0 Å². The zero-order valence-electron chi connectivity index (χ0n) is 16.2. The van der Waals surface area contributed by atoms with E-state index in [1.54, 1.807) is 6.20 Å². The molecule has 0 unspecified atom stereocenters. The Kier molecular flexibility index (Phi) is 4.82. The minimum atomic E-state index is 0.789. The van der Waals surface area contributed by atoms with E-state index in [-0.39, 0.29) is 0 Å². The number of hydrogen-bond donors (Lipinski definition) is 2. The van der Waals surface area contributed by atoms with Crippen molar-refractivity contribution in [1.82, 2.24) is 30.0 Å². The molecule has 29 heavy (non-hydrogen) atoms. The normalized spacial score (nSPS) is 15.6. The summed E-state index contributed by atoms with van der Waals surface area (Å²) < 4.78 is 0. The number of H-pyrrole nitrogens is 1. The van der Waals surface area contributed by atoms with Gasteiger partial charge in [0.15, 0.2) is 5.13 Å². The third-order valence-electron chi connectivity index (χ3n) is 5.11. The summed E-state index contributed by atoms with van der Waals surface area (Å²) >= 11 is 1.52. The van der Waals surface area contributed by atoms with Crippen LogP contribution in [0.5, 0.6) is 0 Å². The van der Waals surface area contributed by atoms with E-state index in [0.29, 0.717) is 0 Å². The highest BCUT2D eigenvalue weighted by molar-refractivity contribution is 7.21. The van der Waals surface area contributed by atoms with Crippen LogP contribution in [0.2, 0.25) is 0 Å². The van der Waals surface area contributed by atoms with Crippen LogP contribution in [0.25, 0.3) is 21.6 Å². The van der Waals surface area contributed by atoms with Gasteiger partial charge in [0.05, 0.1) is 11.9 Å². The van der Waals surface area contributed by atoms with Gasteiger partial charge in [-0.3, -0.25) is 5.10 Å². The van der Waals surface area contributed by atoms with Gasteiger partial charge in [0.25, 0.3) is 0 Å². The molecule has 8 nitrogen and oxygen atoms in total. The molecule has 0 radical (unpaired) electrons. The largest absolute Gasteiger partial charge is 0.370 e. The first-order valence-corrected chi connectivity index (χ1v) is 10.5. The van der Waals surface area contributed by atoms with Gasteiger partial charge in [-0.2, -0.15) is 5.10 Å². The smallest absolute Gasteiger partial charge is 0.190 e. The zero-order valence-corrected chi connectivity index (χ0v) is 17.0. The molecule has 0 aliphatic carbocycles. The molecular formula is C20H22N8S. The number of anilines is 3. The molecule has 5 heterocycles. The Hall–Kier alpha value is -3.04. The lowest BCUT2D eigenvalue weighted by molar-refractivity contribution is 0.360. The summed E-state index contributed by atoms with van der Waals surface area (Å²) in [6, 6.07) is 8.13. The molecule has 1 fully saturated rings. The van der Waals surface area contributed by atoms with Crippen molar-refractivity contribution < 1.29 is 0 Å². The SMILES string of the molecule is CN1CCCN(c2ccnc(Nc3nc4ccc(-c5cn[nH]c5)nc4s3)c2)CC1. The van der Waals surface area contributed by atoms with E-state index in [4.69, 9.17) is 4.98 Å². The van der Waals surface area contributed by atoms with Crippen LogP contribution in [0.15, 0.2) is 42.9 Å². The van der Waals surface area contributed by atoms with Crippen LogP contribution in [0, 0.1) is 0 Å². The van der Waals surface area contributed by atoms with Crippen molar-refractivity contribution in [3.8, 4) is 11.3 Å². The van der Waals surface area contributed by atoms with Crippen molar-refractivity contribution in [2.75, 3.05) is 43.4 Å². The monoisotopic (exact) mass is 406 g/mol. The minimum Gasteiger partial charge on any atom is -0.370 e. The fourth-order valence-electron chi connectivity index (χ4n) is 3.52. The maximum atomic E-state index is 4.71. The molecule has 148 valence electrons. The van der Waals surface area contributed by atoms with Crippen LogP contribution >= 0.6 is 11.3 Å². The van der Waals surface area contributed by atoms with Crippen LogP contribution in [0.1, 0.15) is 6.42 Å². The van der Waals surface area contributed by atoms with Gasteiger partial charge in [-0.15, -0.1) is 0 Å². The van der Waals surface area contributed by atoms with Crippen molar-refractivity contribution in [3.63, 3.8) is 0 Å². The number of nitrogens with zero attached hydrogens (tertiary/aromatic N) is 6. The zero-order chi connectivity index (χ0) is 19.6. The predicted molar refractivity (Wildman–Crippen MR) is 117 cm³/mol. The summed E-state index contributed by atoms with van der Waals surface area (Å²) in [6.07, 6.45) is 6.63. The summed E-state index contributed by atoms with van der Waals surface area (Å²) in [5.41, 5.74) is 3.91. The highest BCUT2D eigenvalue weighted by Gasteiger charge is 2.14. The van der Waals surface area contributed by atoms with Gasteiger partial charge in [-0.25, -0.2) is 15.0 Å². The van der Waals surface area contributed by atoms with E-state index in [1.807, 2.05) is 24.5 Å². The summed E-state index contributed by atoms with van der Waals surface area (Å²) in [5.74, 6) is 0.800. The topological polar surface area (TPSA) is 85.9 Å². The van der Waals surface area contributed by atoms with Crippen LogP contribution in [-0.4, -0.2) is 63.3 Å². The molecule has 0 bridgehead atoms.